The average Bonchev–Trinajstić information content (AvgIpc) is 2.71. The molecule has 1 unspecified atom stereocenters. The lowest BCUT2D eigenvalue weighted by Crippen LogP contribution is -2.28. The summed E-state index contributed by atoms with van der Waals surface area (Å²) in [5, 5.41) is 0. The van der Waals surface area contributed by atoms with Gasteiger partial charge in [-0.25, -0.2) is 5.48 Å². The summed E-state index contributed by atoms with van der Waals surface area (Å²) >= 11 is 1.50. The molecule has 3 N–H and O–H groups in total. The van der Waals surface area contributed by atoms with Gasteiger partial charge in [-0.2, -0.15) is 0 Å². The van der Waals surface area contributed by atoms with E-state index >= 15 is 0 Å². The van der Waals surface area contributed by atoms with Crippen molar-refractivity contribution in [2.75, 3.05) is 6.61 Å². The predicted molar refractivity (Wildman–Crippen MR) is 68.1 cm³/mol. The minimum Gasteiger partial charge on any atom is -0.368 e. The van der Waals surface area contributed by atoms with Crippen LogP contribution in [0.2, 0.25) is 0 Å². The monoisotopic (exact) mass is 268 g/mol. The van der Waals surface area contributed by atoms with Crippen LogP contribution in [0.4, 0.5) is 0 Å². The molecule has 6 heteroatoms. The Morgan fingerprint density at radius 3 is 3.11 bits per heavy atom. The first kappa shape index (κ1) is 13.0. The molecule has 0 fully saturated rings. The van der Waals surface area contributed by atoms with Crippen LogP contribution in [0.25, 0.3) is 0 Å². The summed E-state index contributed by atoms with van der Waals surface area (Å²) in [6.45, 7) is 1.91. The molecule has 0 saturated carbocycles. The van der Waals surface area contributed by atoms with E-state index in [1.54, 1.807) is 0 Å². The van der Waals surface area contributed by atoms with Gasteiger partial charge in [0.1, 0.15) is 0 Å². The Hall–Kier alpha value is -1.40. The first-order valence-electron chi connectivity index (χ1n) is 5.88. The number of nitrogens with two attached hydrogens (primary N) is 1. The van der Waals surface area contributed by atoms with E-state index in [1.165, 1.54) is 28.2 Å². The van der Waals surface area contributed by atoms with Crippen LogP contribution in [0.15, 0.2) is 6.07 Å². The molecule has 1 aliphatic carbocycles. The highest BCUT2D eigenvalue weighted by molar-refractivity contribution is 7.14. The van der Waals surface area contributed by atoms with Crippen molar-refractivity contribution in [1.82, 2.24) is 5.48 Å². The van der Waals surface area contributed by atoms with Crippen molar-refractivity contribution >= 4 is 23.2 Å². The largest absolute Gasteiger partial charge is 0.368 e. The molecule has 1 aliphatic rings. The molecular weight excluding hydrogens is 252 g/mol. The molecule has 1 aromatic rings. The fourth-order valence-electron chi connectivity index (χ4n) is 2.04. The van der Waals surface area contributed by atoms with Crippen molar-refractivity contribution in [3.05, 3.63) is 21.4 Å². The van der Waals surface area contributed by atoms with Gasteiger partial charge in [0.2, 0.25) is 5.91 Å². The van der Waals surface area contributed by atoms with Gasteiger partial charge in [0.25, 0.3) is 5.91 Å². The number of aryl methyl sites for hydroxylation is 1. The number of hydroxylamine groups is 1. The van der Waals surface area contributed by atoms with Gasteiger partial charge in [0.05, 0.1) is 4.88 Å². The highest BCUT2D eigenvalue weighted by Crippen LogP contribution is 2.32. The molecule has 98 valence electrons. The Labute approximate surface area is 109 Å². The van der Waals surface area contributed by atoms with Gasteiger partial charge in [-0.1, -0.05) is 6.92 Å². The van der Waals surface area contributed by atoms with Crippen molar-refractivity contribution < 1.29 is 14.4 Å². The molecule has 1 heterocycles. The number of carbonyl (C=O) groups excluding carboxylic acids is 2. The number of hydrogen-bond acceptors (Lipinski definition) is 4. The maximum Gasteiger partial charge on any atom is 0.284 e. The van der Waals surface area contributed by atoms with Gasteiger partial charge in [-0.15, -0.1) is 11.3 Å². The third-order valence-corrected chi connectivity index (χ3v) is 4.17. The van der Waals surface area contributed by atoms with Gasteiger partial charge in [0, 0.05) is 4.88 Å². The van der Waals surface area contributed by atoms with Crippen LogP contribution in [0, 0.1) is 5.92 Å². The third-order valence-electron chi connectivity index (χ3n) is 2.93. The van der Waals surface area contributed by atoms with E-state index in [0.29, 0.717) is 10.8 Å². The van der Waals surface area contributed by atoms with Crippen molar-refractivity contribution in [1.29, 1.82) is 0 Å². The van der Waals surface area contributed by atoms with E-state index in [0.717, 1.165) is 12.8 Å². The van der Waals surface area contributed by atoms with E-state index in [9.17, 15) is 9.59 Å². The number of amides is 2. The number of primary amides is 1. The van der Waals surface area contributed by atoms with Gasteiger partial charge in [-0.05, 0) is 36.8 Å². The number of carbonyl (C=O) groups is 2. The van der Waals surface area contributed by atoms with Crippen LogP contribution in [0.5, 0.6) is 0 Å². The molecule has 1 atom stereocenters. The maximum atomic E-state index is 11.7. The van der Waals surface area contributed by atoms with Crippen LogP contribution in [-0.2, 0) is 22.5 Å². The molecule has 0 bridgehead atoms. The van der Waals surface area contributed by atoms with Crippen LogP contribution in [0.1, 0.15) is 33.5 Å². The quantitative estimate of drug-likeness (QED) is 0.800. The van der Waals surface area contributed by atoms with Crippen LogP contribution >= 0.6 is 11.3 Å². The van der Waals surface area contributed by atoms with Gasteiger partial charge < -0.3 is 5.73 Å². The zero-order valence-corrected chi connectivity index (χ0v) is 11.0. The molecule has 0 spiro atoms. The fraction of sp³-hybridized carbons (Fsp3) is 0.500. The summed E-state index contributed by atoms with van der Waals surface area (Å²) in [4.78, 5) is 28.8. The normalized spacial score (nSPS) is 18.2. The van der Waals surface area contributed by atoms with Crippen molar-refractivity contribution in [2.24, 2.45) is 11.7 Å². The van der Waals surface area contributed by atoms with E-state index in [-0.39, 0.29) is 12.5 Å². The lowest BCUT2D eigenvalue weighted by molar-refractivity contribution is -0.124. The molecule has 0 aromatic carbocycles. The maximum absolute atomic E-state index is 11.7. The second-order valence-corrected chi connectivity index (χ2v) is 5.73. The van der Waals surface area contributed by atoms with Gasteiger partial charge in [0.15, 0.2) is 6.61 Å². The third kappa shape index (κ3) is 3.08. The van der Waals surface area contributed by atoms with Crippen molar-refractivity contribution in [2.45, 2.75) is 26.2 Å². The Kier molecular flexibility index (Phi) is 3.98. The molecule has 0 aliphatic heterocycles. The van der Waals surface area contributed by atoms with E-state index in [4.69, 9.17) is 10.6 Å². The second-order valence-electron chi connectivity index (χ2n) is 4.59. The summed E-state index contributed by atoms with van der Waals surface area (Å²) in [5.41, 5.74) is 8.38. The Morgan fingerprint density at radius 1 is 1.61 bits per heavy atom. The summed E-state index contributed by atoms with van der Waals surface area (Å²) in [7, 11) is 0. The number of nitrogens with one attached hydrogen (secondary N) is 1. The number of thiophene rings is 1. The lowest BCUT2D eigenvalue weighted by atomic mass is 9.90. The highest BCUT2D eigenvalue weighted by atomic mass is 32.1. The van der Waals surface area contributed by atoms with E-state index in [1.807, 2.05) is 6.07 Å². The minimum absolute atomic E-state index is 0.312. The molecule has 5 nitrogen and oxygen atoms in total. The summed E-state index contributed by atoms with van der Waals surface area (Å²) < 4.78 is 0. The Morgan fingerprint density at radius 2 is 2.39 bits per heavy atom. The smallest absolute Gasteiger partial charge is 0.284 e. The van der Waals surface area contributed by atoms with Crippen molar-refractivity contribution in [3.63, 3.8) is 0 Å². The topological polar surface area (TPSA) is 81.4 Å². The fourth-order valence-corrected chi connectivity index (χ4v) is 3.14. The Balaban J connectivity index is 1.97. The first-order valence-corrected chi connectivity index (χ1v) is 6.70. The van der Waals surface area contributed by atoms with Crippen LogP contribution in [0.3, 0.4) is 0 Å². The summed E-state index contributed by atoms with van der Waals surface area (Å²) in [6, 6.07) is 1.92. The van der Waals surface area contributed by atoms with Crippen LogP contribution < -0.4 is 11.2 Å². The summed E-state index contributed by atoms with van der Waals surface area (Å²) in [6.07, 6.45) is 3.24. The number of fused-ring (bicyclic) bond motifs is 1. The average molecular weight is 268 g/mol. The standard InChI is InChI=1S/C12H16N2O3S/c1-7-2-3-9-8(4-7)5-10(18-9)12(16)14-17-6-11(13)15/h5,7H,2-4,6H2,1H3,(H2,13,15)(H,14,16). The van der Waals surface area contributed by atoms with Gasteiger partial charge in [-0.3, -0.25) is 14.4 Å². The second kappa shape index (κ2) is 5.49. The van der Waals surface area contributed by atoms with Gasteiger partial charge >= 0.3 is 0 Å². The Bertz CT molecular complexity index is 470. The molecule has 0 saturated heterocycles. The minimum atomic E-state index is -0.616. The predicted octanol–water partition coefficient (Wildman–Crippen LogP) is 1.02. The molecular formula is C12H16N2O3S. The SMILES string of the molecule is CC1CCc2sc(C(=O)NOCC(N)=O)cc2C1. The van der Waals surface area contributed by atoms with E-state index < -0.39 is 5.91 Å². The molecule has 2 rings (SSSR count). The van der Waals surface area contributed by atoms with E-state index in [2.05, 4.69) is 12.4 Å². The number of rotatable bonds is 4. The summed E-state index contributed by atoms with van der Waals surface area (Å²) in [5.74, 6) is -0.257. The van der Waals surface area contributed by atoms with Crippen molar-refractivity contribution in [3.8, 4) is 0 Å². The molecule has 2 amide bonds. The first-order chi connectivity index (χ1) is 8.56. The number of hydrogen-bond donors (Lipinski definition) is 2. The molecule has 0 radical (unpaired) electrons. The highest BCUT2D eigenvalue weighted by Gasteiger charge is 2.20. The zero-order valence-electron chi connectivity index (χ0n) is 10.2. The molecule has 18 heavy (non-hydrogen) atoms. The lowest BCUT2D eigenvalue weighted by Gasteiger charge is -2.16. The van der Waals surface area contributed by atoms with Crippen LogP contribution in [-0.4, -0.2) is 18.4 Å². The zero-order chi connectivity index (χ0) is 13.1. The molecule has 1 aromatic heterocycles.